The van der Waals surface area contributed by atoms with Gasteiger partial charge in [-0.3, -0.25) is 4.79 Å². The Kier molecular flexibility index (Phi) is 6.64. The van der Waals surface area contributed by atoms with Gasteiger partial charge in [0.05, 0.1) is 19.2 Å². The Labute approximate surface area is 148 Å². The summed E-state index contributed by atoms with van der Waals surface area (Å²) in [5.74, 6) is 0.529. The summed E-state index contributed by atoms with van der Waals surface area (Å²) in [6, 6.07) is 14.1. The van der Waals surface area contributed by atoms with Crippen molar-refractivity contribution in [1.82, 2.24) is 5.32 Å². The summed E-state index contributed by atoms with van der Waals surface area (Å²) < 4.78 is 5.29. The van der Waals surface area contributed by atoms with Crippen LogP contribution in [-0.4, -0.2) is 19.1 Å². The Balaban J connectivity index is 2.38. The molecule has 2 rings (SSSR count). The minimum atomic E-state index is -0.536. The summed E-state index contributed by atoms with van der Waals surface area (Å²) in [6.45, 7) is 2.00. The maximum atomic E-state index is 12.4. The van der Waals surface area contributed by atoms with Crippen molar-refractivity contribution in [2.24, 2.45) is 5.73 Å². The van der Waals surface area contributed by atoms with Gasteiger partial charge in [-0.05, 0) is 35.7 Å². The first-order valence-electron chi connectivity index (χ1n) is 8.01. The Bertz CT molecular complexity index is 691. The van der Waals surface area contributed by atoms with Crippen molar-refractivity contribution in [2.45, 2.75) is 31.8 Å². The summed E-state index contributed by atoms with van der Waals surface area (Å²) >= 11 is 6.35. The van der Waals surface area contributed by atoms with Gasteiger partial charge < -0.3 is 15.8 Å². The van der Waals surface area contributed by atoms with Crippen molar-refractivity contribution in [3.8, 4) is 5.75 Å². The van der Waals surface area contributed by atoms with Crippen LogP contribution in [0.3, 0.4) is 0 Å². The number of hydrogen-bond donors (Lipinski definition) is 2. The predicted octanol–water partition coefficient (Wildman–Crippen LogP) is 3.68. The standard InChI is InChI=1S/C19H23ClN2O2/c1-3-7-17(21)19(23)22-18(15-10-4-5-11-16(15)20)13-8-6-9-14(12-13)24-2/h4-6,8-12,17-18H,3,7,21H2,1-2H3,(H,22,23). The van der Waals surface area contributed by atoms with E-state index in [0.717, 1.165) is 23.3 Å². The lowest BCUT2D eigenvalue weighted by Gasteiger charge is -2.23. The lowest BCUT2D eigenvalue weighted by atomic mass is 9.97. The van der Waals surface area contributed by atoms with Gasteiger partial charge in [-0.1, -0.05) is 55.3 Å². The van der Waals surface area contributed by atoms with Gasteiger partial charge in [0.2, 0.25) is 5.91 Å². The largest absolute Gasteiger partial charge is 0.497 e. The number of benzene rings is 2. The van der Waals surface area contributed by atoms with Gasteiger partial charge in [0, 0.05) is 5.02 Å². The van der Waals surface area contributed by atoms with Crippen LogP contribution in [0, 0.1) is 0 Å². The van der Waals surface area contributed by atoms with Crippen LogP contribution in [0.2, 0.25) is 5.02 Å². The second kappa shape index (κ2) is 8.71. The van der Waals surface area contributed by atoms with E-state index in [-0.39, 0.29) is 11.9 Å². The second-order valence-electron chi connectivity index (χ2n) is 5.63. The molecule has 0 aromatic heterocycles. The number of halogens is 1. The Morgan fingerprint density at radius 3 is 2.67 bits per heavy atom. The topological polar surface area (TPSA) is 64.4 Å². The number of nitrogens with one attached hydrogen (secondary N) is 1. The first-order chi connectivity index (χ1) is 11.6. The van der Waals surface area contributed by atoms with Crippen LogP contribution in [0.1, 0.15) is 36.9 Å². The highest BCUT2D eigenvalue weighted by atomic mass is 35.5. The predicted molar refractivity (Wildman–Crippen MR) is 97.3 cm³/mol. The van der Waals surface area contributed by atoms with E-state index in [4.69, 9.17) is 22.1 Å². The van der Waals surface area contributed by atoms with E-state index in [0.29, 0.717) is 11.4 Å². The average molecular weight is 347 g/mol. The van der Waals surface area contributed by atoms with Gasteiger partial charge >= 0.3 is 0 Å². The molecule has 2 atom stereocenters. The third-order valence-electron chi connectivity index (χ3n) is 3.87. The van der Waals surface area contributed by atoms with Crippen LogP contribution in [0.5, 0.6) is 5.75 Å². The second-order valence-corrected chi connectivity index (χ2v) is 6.04. The van der Waals surface area contributed by atoms with Crippen molar-refractivity contribution in [2.75, 3.05) is 7.11 Å². The van der Waals surface area contributed by atoms with Crippen LogP contribution in [0.25, 0.3) is 0 Å². The first kappa shape index (κ1) is 18.3. The lowest BCUT2D eigenvalue weighted by Crippen LogP contribution is -2.42. The minimum Gasteiger partial charge on any atom is -0.497 e. The molecule has 0 radical (unpaired) electrons. The molecule has 128 valence electrons. The van der Waals surface area contributed by atoms with E-state index in [9.17, 15) is 4.79 Å². The van der Waals surface area contributed by atoms with Crippen LogP contribution < -0.4 is 15.8 Å². The third-order valence-corrected chi connectivity index (χ3v) is 4.21. The average Bonchev–Trinajstić information content (AvgIpc) is 2.60. The molecule has 2 aromatic rings. The number of methoxy groups -OCH3 is 1. The number of carbonyl (C=O) groups excluding carboxylic acids is 1. The van der Waals surface area contributed by atoms with Gasteiger partial charge in [0.25, 0.3) is 0 Å². The van der Waals surface area contributed by atoms with E-state index in [1.54, 1.807) is 7.11 Å². The van der Waals surface area contributed by atoms with Crippen molar-refractivity contribution < 1.29 is 9.53 Å². The molecule has 0 fully saturated rings. The van der Waals surface area contributed by atoms with E-state index < -0.39 is 6.04 Å². The summed E-state index contributed by atoms with van der Waals surface area (Å²) in [5.41, 5.74) is 7.67. The normalized spacial score (nSPS) is 13.2. The smallest absolute Gasteiger partial charge is 0.237 e. The molecule has 0 aliphatic rings. The molecule has 0 saturated heterocycles. The van der Waals surface area contributed by atoms with Crippen molar-refractivity contribution in [3.63, 3.8) is 0 Å². The van der Waals surface area contributed by atoms with Crippen LogP contribution in [0.4, 0.5) is 0 Å². The lowest BCUT2D eigenvalue weighted by molar-refractivity contribution is -0.123. The molecule has 1 amide bonds. The zero-order valence-electron chi connectivity index (χ0n) is 14.0. The Hall–Kier alpha value is -2.04. The fourth-order valence-corrected chi connectivity index (χ4v) is 2.81. The van der Waals surface area contributed by atoms with Crippen LogP contribution in [0.15, 0.2) is 48.5 Å². The molecule has 2 unspecified atom stereocenters. The molecule has 5 heteroatoms. The summed E-state index contributed by atoms with van der Waals surface area (Å²) in [5, 5.41) is 3.61. The SMILES string of the molecule is CCCC(N)C(=O)NC(c1cccc(OC)c1)c1ccccc1Cl. The van der Waals surface area contributed by atoms with Gasteiger partial charge in [-0.2, -0.15) is 0 Å². The molecule has 4 nitrogen and oxygen atoms in total. The van der Waals surface area contributed by atoms with Gasteiger partial charge in [-0.25, -0.2) is 0 Å². The highest BCUT2D eigenvalue weighted by Crippen LogP contribution is 2.30. The quantitative estimate of drug-likeness (QED) is 0.803. The number of nitrogens with two attached hydrogens (primary N) is 1. The Morgan fingerprint density at radius 2 is 2.00 bits per heavy atom. The molecule has 0 aliphatic heterocycles. The number of hydrogen-bond acceptors (Lipinski definition) is 3. The summed E-state index contributed by atoms with van der Waals surface area (Å²) in [6.07, 6.45) is 1.49. The first-order valence-corrected chi connectivity index (χ1v) is 8.39. The van der Waals surface area contributed by atoms with E-state index in [1.165, 1.54) is 0 Å². The van der Waals surface area contributed by atoms with Crippen LogP contribution in [-0.2, 0) is 4.79 Å². The summed E-state index contributed by atoms with van der Waals surface area (Å²) in [4.78, 5) is 12.4. The fourth-order valence-electron chi connectivity index (χ4n) is 2.56. The number of ether oxygens (including phenoxy) is 1. The number of amides is 1. The highest BCUT2D eigenvalue weighted by molar-refractivity contribution is 6.31. The molecule has 0 bridgehead atoms. The zero-order chi connectivity index (χ0) is 17.5. The minimum absolute atomic E-state index is 0.190. The fraction of sp³-hybridized carbons (Fsp3) is 0.316. The van der Waals surface area contributed by atoms with Gasteiger partial charge in [0.15, 0.2) is 0 Å². The third kappa shape index (κ3) is 4.49. The van der Waals surface area contributed by atoms with E-state index in [1.807, 2.05) is 55.5 Å². The van der Waals surface area contributed by atoms with Crippen molar-refractivity contribution in [1.29, 1.82) is 0 Å². The number of carbonyl (C=O) groups is 1. The Morgan fingerprint density at radius 1 is 1.25 bits per heavy atom. The summed E-state index contributed by atoms with van der Waals surface area (Å²) in [7, 11) is 1.61. The van der Waals surface area contributed by atoms with Gasteiger partial charge in [-0.15, -0.1) is 0 Å². The maximum absolute atomic E-state index is 12.4. The number of rotatable bonds is 7. The van der Waals surface area contributed by atoms with Crippen molar-refractivity contribution in [3.05, 3.63) is 64.7 Å². The van der Waals surface area contributed by atoms with Crippen molar-refractivity contribution >= 4 is 17.5 Å². The maximum Gasteiger partial charge on any atom is 0.237 e. The van der Waals surface area contributed by atoms with E-state index >= 15 is 0 Å². The highest BCUT2D eigenvalue weighted by Gasteiger charge is 2.22. The molecule has 2 aromatic carbocycles. The molecule has 0 aliphatic carbocycles. The van der Waals surface area contributed by atoms with Crippen LogP contribution >= 0.6 is 11.6 Å². The molecule has 0 saturated carbocycles. The van der Waals surface area contributed by atoms with Gasteiger partial charge in [0.1, 0.15) is 5.75 Å². The molecule has 0 spiro atoms. The molecule has 3 N–H and O–H groups in total. The molecule has 0 heterocycles. The monoisotopic (exact) mass is 346 g/mol. The molecular formula is C19H23ClN2O2. The molecular weight excluding hydrogens is 324 g/mol. The van der Waals surface area contributed by atoms with E-state index in [2.05, 4.69) is 5.32 Å². The zero-order valence-corrected chi connectivity index (χ0v) is 14.7. The molecule has 24 heavy (non-hydrogen) atoms.